The average molecular weight is 301 g/mol. The first kappa shape index (κ1) is 14.6. The molecule has 1 unspecified atom stereocenters. The number of benzene rings is 1. The summed E-state index contributed by atoms with van der Waals surface area (Å²) >= 11 is 11.8. The molecular weight excluding hydrogens is 283 g/mol. The van der Waals surface area contributed by atoms with E-state index in [0.29, 0.717) is 16.6 Å². The molecule has 0 spiro atoms. The Morgan fingerprint density at radius 2 is 2.21 bits per heavy atom. The van der Waals surface area contributed by atoms with Gasteiger partial charge in [-0.15, -0.1) is 0 Å². The highest BCUT2D eigenvalue weighted by Gasteiger charge is 2.25. The van der Waals surface area contributed by atoms with Crippen molar-refractivity contribution < 1.29 is 4.79 Å². The van der Waals surface area contributed by atoms with E-state index in [-0.39, 0.29) is 11.8 Å². The van der Waals surface area contributed by atoms with E-state index >= 15 is 0 Å². The minimum Gasteiger partial charge on any atom is -0.355 e. The van der Waals surface area contributed by atoms with Crippen molar-refractivity contribution in [3.05, 3.63) is 33.8 Å². The van der Waals surface area contributed by atoms with Crippen LogP contribution in [0.1, 0.15) is 12.0 Å². The van der Waals surface area contributed by atoms with Crippen molar-refractivity contribution in [1.82, 2.24) is 10.2 Å². The van der Waals surface area contributed by atoms with Crippen LogP contribution in [0.15, 0.2) is 18.2 Å². The Bertz CT molecular complexity index is 465. The van der Waals surface area contributed by atoms with E-state index in [1.807, 2.05) is 19.2 Å². The van der Waals surface area contributed by atoms with E-state index in [1.54, 1.807) is 6.07 Å². The van der Waals surface area contributed by atoms with Crippen molar-refractivity contribution >= 4 is 29.1 Å². The molecule has 0 radical (unpaired) electrons. The van der Waals surface area contributed by atoms with Crippen molar-refractivity contribution in [1.29, 1.82) is 0 Å². The fourth-order valence-electron chi connectivity index (χ4n) is 2.32. The lowest BCUT2D eigenvalue weighted by molar-refractivity contribution is -0.124. The Balaban J connectivity index is 1.77. The normalized spacial score (nSPS) is 19.6. The number of nitrogens with one attached hydrogen (secondary N) is 1. The fourth-order valence-corrected chi connectivity index (χ4v) is 2.64. The zero-order chi connectivity index (χ0) is 13.8. The molecule has 3 nitrogen and oxygen atoms in total. The molecule has 2 rings (SSSR count). The molecular formula is C14H18Cl2N2O. The van der Waals surface area contributed by atoms with Gasteiger partial charge >= 0.3 is 0 Å². The molecule has 1 amide bonds. The predicted molar refractivity (Wildman–Crippen MR) is 78.8 cm³/mol. The number of rotatable bonds is 4. The van der Waals surface area contributed by atoms with Crippen LogP contribution in [-0.2, 0) is 11.2 Å². The third kappa shape index (κ3) is 4.10. The predicted octanol–water partition coefficient (Wildman–Crippen LogP) is 2.60. The summed E-state index contributed by atoms with van der Waals surface area (Å²) in [5.74, 6) is 0.295. The molecule has 0 aliphatic carbocycles. The van der Waals surface area contributed by atoms with Crippen LogP contribution in [0.5, 0.6) is 0 Å². The first-order valence-corrected chi connectivity index (χ1v) is 7.22. The Morgan fingerprint density at radius 1 is 1.42 bits per heavy atom. The molecule has 1 aliphatic rings. The first-order valence-electron chi connectivity index (χ1n) is 6.46. The van der Waals surface area contributed by atoms with Gasteiger partial charge in [0.15, 0.2) is 0 Å². The van der Waals surface area contributed by atoms with E-state index < -0.39 is 0 Å². The highest BCUT2D eigenvalue weighted by molar-refractivity contribution is 6.42. The summed E-state index contributed by atoms with van der Waals surface area (Å²) in [6.07, 6.45) is 1.72. The number of carbonyl (C=O) groups is 1. The van der Waals surface area contributed by atoms with E-state index in [9.17, 15) is 4.79 Å². The second kappa shape index (κ2) is 6.60. The number of likely N-dealkylation sites (tertiary alicyclic amines) is 1. The van der Waals surface area contributed by atoms with Crippen molar-refractivity contribution in [2.45, 2.75) is 12.8 Å². The molecule has 0 saturated carbocycles. The standard InChI is InChI=1S/C14H18Cl2N2O/c1-18-7-5-11(9-18)14(19)17-6-4-10-2-3-12(15)13(16)8-10/h2-3,8,11H,4-7,9H2,1H3,(H,17,19). The molecule has 1 aliphatic heterocycles. The van der Waals surface area contributed by atoms with Crippen LogP contribution in [0.2, 0.25) is 10.0 Å². The molecule has 1 N–H and O–H groups in total. The second-order valence-corrected chi connectivity index (χ2v) is 5.85. The Morgan fingerprint density at radius 3 is 2.84 bits per heavy atom. The number of amides is 1. The maximum absolute atomic E-state index is 11.9. The van der Waals surface area contributed by atoms with Gasteiger partial charge in [0.05, 0.1) is 16.0 Å². The minimum absolute atomic E-state index is 0.138. The molecule has 5 heteroatoms. The smallest absolute Gasteiger partial charge is 0.224 e. The van der Waals surface area contributed by atoms with Gasteiger partial charge in [0.2, 0.25) is 5.91 Å². The zero-order valence-corrected chi connectivity index (χ0v) is 12.5. The van der Waals surface area contributed by atoms with E-state index in [2.05, 4.69) is 10.2 Å². The van der Waals surface area contributed by atoms with Crippen LogP contribution in [0, 0.1) is 5.92 Å². The molecule has 19 heavy (non-hydrogen) atoms. The van der Waals surface area contributed by atoms with Crippen LogP contribution in [0.4, 0.5) is 0 Å². The lowest BCUT2D eigenvalue weighted by Crippen LogP contribution is -2.33. The highest BCUT2D eigenvalue weighted by atomic mass is 35.5. The maximum Gasteiger partial charge on any atom is 0.224 e. The Labute approximate surface area is 123 Å². The summed E-state index contributed by atoms with van der Waals surface area (Å²) in [4.78, 5) is 14.1. The molecule has 1 aromatic carbocycles. The quantitative estimate of drug-likeness (QED) is 0.927. The van der Waals surface area contributed by atoms with E-state index in [0.717, 1.165) is 31.5 Å². The number of carbonyl (C=O) groups excluding carboxylic acids is 1. The lowest BCUT2D eigenvalue weighted by Gasteiger charge is -2.11. The van der Waals surface area contributed by atoms with E-state index in [1.165, 1.54) is 0 Å². The largest absolute Gasteiger partial charge is 0.355 e. The van der Waals surface area contributed by atoms with Crippen LogP contribution in [0.25, 0.3) is 0 Å². The summed E-state index contributed by atoms with van der Waals surface area (Å²) in [7, 11) is 2.04. The van der Waals surface area contributed by atoms with Gasteiger partial charge in [-0.2, -0.15) is 0 Å². The van der Waals surface area contributed by atoms with Gasteiger partial charge in [-0.3, -0.25) is 4.79 Å². The van der Waals surface area contributed by atoms with Crippen molar-refractivity contribution in [2.75, 3.05) is 26.7 Å². The molecule has 1 atom stereocenters. The maximum atomic E-state index is 11.9. The highest BCUT2D eigenvalue weighted by Crippen LogP contribution is 2.22. The number of halogens is 2. The van der Waals surface area contributed by atoms with Crippen LogP contribution in [-0.4, -0.2) is 37.5 Å². The third-order valence-electron chi connectivity index (χ3n) is 3.46. The topological polar surface area (TPSA) is 32.3 Å². The molecule has 1 heterocycles. The van der Waals surface area contributed by atoms with Crippen LogP contribution in [0.3, 0.4) is 0 Å². The van der Waals surface area contributed by atoms with Gasteiger partial charge in [0.25, 0.3) is 0 Å². The monoisotopic (exact) mass is 300 g/mol. The zero-order valence-electron chi connectivity index (χ0n) is 11.0. The fraction of sp³-hybridized carbons (Fsp3) is 0.500. The molecule has 104 valence electrons. The van der Waals surface area contributed by atoms with Gasteiger partial charge in [-0.05, 0) is 44.1 Å². The van der Waals surface area contributed by atoms with Gasteiger partial charge in [0, 0.05) is 13.1 Å². The molecule has 0 bridgehead atoms. The summed E-state index contributed by atoms with van der Waals surface area (Å²) in [5.41, 5.74) is 1.08. The Kier molecular flexibility index (Phi) is 5.08. The third-order valence-corrected chi connectivity index (χ3v) is 4.20. The number of hydrogen-bond acceptors (Lipinski definition) is 2. The van der Waals surface area contributed by atoms with E-state index in [4.69, 9.17) is 23.2 Å². The molecule has 1 aromatic rings. The summed E-state index contributed by atoms with van der Waals surface area (Å²) in [6, 6.07) is 5.57. The summed E-state index contributed by atoms with van der Waals surface area (Å²) in [6.45, 7) is 2.50. The Hall–Kier alpha value is -0.770. The molecule has 1 saturated heterocycles. The van der Waals surface area contributed by atoms with Gasteiger partial charge in [-0.25, -0.2) is 0 Å². The van der Waals surface area contributed by atoms with Crippen molar-refractivity contribution in [3.63, 3.8) is 0 Å². The average Bonchev–Trinajstić information content (AvgIpc) is 2.80. The lowest BCUT2D eigenvalue weighted by atomic mass is 10.1. The van der Waals surface area contributed by atoms with Crippen molar-refractivity contribution in [3.8, 4) is 0 Å². The summed E-state index contributed by atoms with van der Waals surface area (Å²) < 4.78 is 0. The minimum atomic E-state index is 0.138. The summed E-state index contributed by atoms with van der Waals surface area (Å²) in [5, 5.41) is 4.10. The molecule has 1 fully saturated rings. The number of hydrogen-bond donors (Lipinski definition) is 1. The number of nitrogens with zero attached hydrogens (tertiary/aromatic N) is 1. The second-order valence-electron chi connectivity index (χ2n) is 5.04. The van der Waals surface area contributed by atoms with Gasteiger partial charge in [-0.1, -0.05) is 29.3 Å². The first-order chi connectivity index (χ1) is 9.06. The van der Waals surface area contributed by atoms with Gasteiger partial charge < -0.3 is 10.2 Å². The molecule has 0 aromatic heterocycles. The van der Waals surface area contributed by atoms with Crippen LogP contribution < -0.4 is 5.32 Å². The van der Waals surface area contributed by atoms with Gasteiger partial charge in [0.1, 0.15) is 0 Å². The van der Waals surface area contributed by atoms with Crippen LogP contribution >= 0.6 is 23.2 Å². The van der Waals surface area contributed by atoms with Crippen molar-refractivity contribution in [2.24, 2.45) is 5.92 Å². The SMILES string of the molecule is CN1CCC(C(=O)NCCc2ccc(Cl)c(Cl)c2)C1.